The Morgan fingerprint density at radius 3 is 2.79 bits per heavy atom. The second-order valence-corrected chi connectivity index (χ2v) is 5.71. The van der Waals surface area contributed by atoms with E-state index in [-0.39, 0.29) is 10.2 Å². The number of aliphatic carboxylic acids is 1. The molecule has 0 saturated carbocycles. The highest BCUT2D eigenvalue weighted by atomic mass is 32.2. The summed E-state index contributed by atoms with van der Waals surface area (Å²) >= 11 is 6.11. The number of carboxylic acid groups (broad SMARTS) is 1. The molecule has 2 rings (SSSR count). The first-order valence-corrected chi connectivity index (χ1v) is 6.65. The molecule has 5 nitrogen and oxygen atoms in total. The smallest absolute Gasteiger partial charge is 0.323 e. The summed E-state index contributed by atoms with van der Waals surface area (Å²) in [6.45, 7) is 3.21. The van der Waals surface area contributed by atoms with E-state index in [4.69, 9.17) is 21.7 Å². The lowest BCUT2D eigenvalue weighted by molar-refractivity contribution is -0.140. The van der Waals surface area contributed by atoms with Gasteiger partial charge in [-0.1, -0.05) is 24.0 Å². The molecular weight excluding hydrogens is 286 g/mol. The monoisotopic (exact) mass is 297 g/mol. The van der Waals surface area contributed by atoms with Crippen molar-refractivity contribution in [2.75, 3.05) is 6.54 Å². The number of nitrogens with zero attached hydrogens (tertiary/aromatic N) is 1. The number of hydrogen-bond donors (Lipinski definition) is 1. The zero-order chi connectivity index (χ0) is 14.2. The van der Waals surface area contributed by atoms with E-state index in [1.54, 1.807) is 13.0 Å². The van der Waals surface area contributed by atoms with Gasteiger partial charge in [-0.2, -0.15) is 0 Å². The molecule has 7 heteroatoms. The number of thiocarbonyl (C=S) groups is 1. The number of amides is 1. The maximum atomic E-state index is 12.0. The molecule has 2 heterocycles. The summed E-state index contributed by atoms with van der Waals surface area (Å²) in [5, 5.41) is 8.74. The molecule has 1 amide bonds. The average molecular weight is 297 g/mol. The molecule has 1 aromatic heterocycles. The van der Waals surface area contributed by atoms with Gasteiger partial charge >= 0.3 is 5.97 Å². The SMILES string of the molecule is Cc1cc(/C=C2/SC(=S)N(CC(=O)O)C2=O)c(C)o1. The maximum absolute atomic E-state index is 12.0. The molecule has 19 heavy (non-hydrogen) atoms. The minimum atomic E-state index is -1.09. The summed E-state index contributed by atoms with van der Waals surface area (Å²) in [6.07, 6.45) is 1.67. The van der Waals surface area contributed by atoms with Gasteiger partial charge in [-0.25, -0.2) is 0 Å². The maximum Gasteiger partial charge on any atom is 0.323 e. The average Bonchev–Trinajstić information content (AvgIpc) is 2.74. The fraction of sp³-hybridized carbons (Fsp3) is 0.250. The number of aryl methyl sites for hydroxylation is 2. The van der Waals surface area contributed by atoms with E-state index in [0.717, 1.165) is 28.0 Å². The Labute approximate surface area is 119 Å². The zero-order valence-electron chi connectivity index (χ0n) is 10.3. The van der Waals surface area contributed by atoms with Gasteiger partial charge in [0.15, 0.2) is 0 Å². The second kappa shape index (κ2) is 5.18. The summed E-state index contributed by atoms with van der Waals surface area (Å²) in [6, 6.07) is 1.82. The molecule has 1 aromatic rings. The molecule has 0 aromatic carbocycles. The lowest BCUT2D eigenvalue weighted by Crippen LogP contribution is -2.33. The zero-order valence-corrected chi connectivity index (χ0v) is 11.9. The lowest BCUT2D eigenvalue weighted by atomic mass is 10.2. The van der Waals surface area contributed by atoms with Gasteiger partial charge < -0.3 is 9.52 Å². The van der Waals surface area contributed by atoms with E-state index in [2.05, 4.69) is 0 Å². The number of furan rings is 1. The predicted molar refractivity (Wildman–Crippen MR) is 75.7 cm³/mol. The summed E-state index contributed by atoms with van der Waals surface area (Å²) in [4.78, 5) is 24.2. The Morgan fingerprint density at radius 2 is 2.26 bits per heavy atom. The first-order chi connectivity index (χ1) is 8.88. The van der Waals surface area contributed by atoms with Crippen molar-refractivity contribution in [1.29, 1.82) is 0 Å². The molecule has 1 saturated heterocycles. The summed E-state index contributed by atoms with van der Waals surface area (Å²) < 4.78 is 5.63. The summed E-state index contributed by atoms with van der Waals surface area (Å²) in [5.74, 6) is -0.00527. The predicted octanol–water partition coefficient (Wildman–Crippen LogP) is 2.18. The summed E-state index contributed by atoms with van der Waals surface area (Å²) in [7, 11) is 0. The van der Waals surface area contributed by atoms with Crippen molar-refractivity contribution >= 4 is 46.3 Å². The van der Waals surface area contributed by atoms with Gasteiger partial charge in [-0.3, -0.25) is 14.5 Å². The highest BCUT2D eigenvalue weighted by Gasteiger charge is 2.33. The third kappa shape index (κ3) is 2.87. The second-order valence-electron chi connectivity index (χ2n) is 4.03. The number of carboxylic acids is 1. The van der Waals surface area contributed by atoms with Crippen LogP contribution >= 0.6 is 24.0 Å². The molecule has 100 valence electrons. The van der Waals surface area contributed by atoms with Crippen LogP contribution in [0.5, 0.6) is 0 Å². The molecule has 0 bridgehead atoms. The van der Waals surface area contributed by atoms with E-state index in [9.17, 15) is 9.59 Å². The first kappa shape index (κ1) is 13.8. The van der Waals surface area contributed by atoms with Crippen molar-refractivity contribution < 1.29 is 19.1 Å². The fourth-order valence-electron chi connectivity index (χ4n) is 1.71. The molecule has 1 aliphatic heterocycles. The van der Waals surface area contributed by atoms with Crippen LogP contribution in [0.1, 0.15) is 17.1 Å². The van der Waals surface area contributed by atoms with Gasteiger partial charge in [0.05, 0.1) is 4.91 Å². The Hall–Kier alpha value is -1.60. The minimum Gasteiger partial charge on any atom is -0.480 e. The quantitative estimate of drug-likeness (QED) is 0.681. The van der Waals surface area contributed by atoms with Crippen LogP contribution in [0.15, 0.2) is 15.4 Å². The third-order valence-electron chi connectivity index (χ3n) is 2.53. The molecule has 1 N–H and O–H groups in total. The largest absolute Gasteiger partial charge is 0.480 e. The van der Waals surface area contributed by atoms with E-state index >= 15 is 0 Å². The van der Waals surface area contributed by atoms with Crippen molar-refractivity contribution in [3.8, 4) is 0 Å². The Bertz CT molecular complexity index is 603. The van der Waals surface area contributed by atoms with Crippen LogP contribution in [0.25, 0.3) is 6.08 Å². The van der Waals surface area contributed by atoms with Gasteiger partial charge in [-0.15, -0.1) is 0 Å². The normalized spacial score (nSPS) is 17.6. The van der Waals surface area contributed by atoms with E-state index in [0.29, 0.717) is 10.7 Å². The van der Waals surface area contributed by atoms with E-state index in [1.807, 2.05) is 13.0 Å². The van der Waals surface area contributed by atoms with Gasteiger partial charge in [0.1, 0.15) is 22.4 Å². The van der Waals surface area contributed by atoms with E-state index in [1.165, 1.54) is 0 Å². The molecule has 1 fully saturated rings. The first-order valence-electron chi connectivity index (χ1n) is 5.42. The molecular formula is C12H11NO4S2. The Morgan fingerprint density at radius 1 is 1.58 bits per heavy atom. The van der Waals surface area contributed by atoms with Crippen molar-refractivity contribution in [1.82, 2.24) is 4.90 Å². The minimum absolute atomic E-state index is 0.261. The van der Waals surface area contributed by atoms with Crippen LogP contribution in [-0.4, -0.2) is 32.7 Å². The van der Waals surface area contributed by atoms with Crippen LogP contribution in [0.2, 0.25) is 0 Å². The summed E-state index contributed by atoms with van der Waals surface area (Å²) in [5.41, 5.74) is 0.799. The van der Waals surface area contributed by atoms with Crippen LogP contribution in [0.4, 0.5) is 0 Å². The van der Waals surface area contributed by atoms with Gasteiger partial charge in [0, 0.05) is 5.56 Å². The van der Waals surface area contributed by atoms with Crippen molar-refractivity contribution in [2.45, 2.75) is 13.8 Å². The van der Waals surface area contributed by atoms with E-state index < -0.39 is 12.5 Å². The Kier molecular flexibility index (Phi) is 3.77. The Balaban J connectivity index is 2.28. The molecule has 0 spiro atoms. The molecule has 0 atom stereocenters. The molecule has 0 unspecified atom stereocenters. The van der Waals surface area contributed by atoms with Crippen LogP contribution in [-0.2, 0) is 9.59 Å². The van der Waals surface area contributed by atoms with Gasteiger partial charge in [0.2, 0.25) is 0 Å². The van der Waals surface area contributed by atoms with Crippen molar-refractivity contribution in [3.05, 3.63) is 28.1 Å². The number of carbonyl (C=O) groups is 2. The van der Waals surface area contributed by atoms with Crippen molar-refractivity contribution in [3.63, 3.8) is 0 Å². The van der Waals surface area contributed by atoms with Gasteiger partial charge in [0.25, 0.3) is 5.91 Å². The lowest BCUT2D eigenvalue weighted by Gasteiger charge is -2.10. The van der Waals surface area contributed by atoms with Crippen molar-refractivity contribution in [2.24, 2.45) is 0 Å². The topological polar surface area (TPSA) is 70.8 Å². The van der Waals surface area contributed by atoms with Crippen LogP contribution < -0.4 is 0 Å². The van der Waals surface area contributed by atoms with Crippen LogP contribution in [0.3, 0.4) is 0 Å². The van der Waals surface area contributed by atoms with Gasteiger partial charge in [-0.05, 0) is 26.0 Å². The number of carbonyl (C=O) groups excluding carboxylic acids is 1. The molecule has 1 aliphatic rings. The molecule has 0 radical (unpaired) electrons. The number of rotatable bonds is 3. The molecule has 0 aliphatic carbocycles. The highest BCUT2D eigenvalue weighted by molar-refractivity contribution is 8.26. The fourth-order valence-corrected chi connectivity index (χ4v) is 2.95. The highest BCUT2D eigenvalue weighted by Crippen LogP contribution is 2.33. The third-order valence-corrected chi connectivity index (χ3v) is 3.91. The number of hydrogen-bond acceptors (Lipinski definition) is 5. The van der Waals surface area contributed by atoms with Crippen LogP contribution in [0, 0.1) is 13.8 Å². The standard InChI is InChI=1S/C12H11NO4S2/c1-6-3-8(7(2)17-6)4-9-11(16)13(5-10(14)15)12(18)19-9/h3-4H,5H2,1-2H3,(H,14,15)/b9-4+. The number of thioether (sulfide) groups is 1.